The van der Waals surface area contributed by atoms with Crippen molar-refractivity contribution in [3.8, 4) is 0 Å². The summed E-state index contributed by atoms with van der Waals surface area (Å²) in [4.78, 5) is 63.5. The summed E-state index contributed by atoms with van der Waals surface area (Å²) in [6, 6.07) is 5.48. The average Bonchev–Trinajstić information content (AvgIpc) is 2.78. The molecule has 3 N–H and O–H groups in total. The van der Waals surface area contributed by atoms with Gasteiger partial charge in [0.25, 0.3) is 0 Å². The number of ether oxygens (including phenoxy) is 3. The third-order valence-corrected chi connectivity index (χ3v) is 4.99. The molecule has 0 saturated heterocycles. The first-order valence-corrected chi connectivity index (χ1v) is 12.9. The van der Waals surface area contributed by atoms with Gasteiger partial charge in [-0.2, -0.15) is 0 Å². The van der Waals surface area contributed by atoms with Crippen molar-refractivity contribution in [2.75, 3.05) is 0 Å². The first-order chi connectivity index (χ1) is 17.9. The van der Waals surface area contributed by atoms with Crippen LogP contribution in [-0.2, 0) is 40.0 Å². The Hall–Kier alpha value is -3.63. The van der Waals surface area contributed by atoms with E-state index in [1.54, 1.807) is 79.7 Å². The number of carbonyl (C=O) groups is 5. The molecular weight excluding hydrogens is 506 g/mol. The largest absolute Gasteiger partial charge is 0.460 e. The fraction of sp³-hybridized carbons (Fsp3) is 0.607. The summed E-state index contributed by atoms with van der Waals surface area (Å²) < 4.78 is 15.9. The Kier molecular flexibility index (Phi) is 12.4. The van der Waals surface area contributed by atoms with Gasteiger partial charge in [0.1, 0.15) is 35.9 Å². The van der Waals surface area contributed by atoms with Crippen LogP contribution >= 0.6 is 0 Å². The Balaban J connectivity index is 2.95. The molecule has 0 aliphatic rings. The molecule has 3 amide bonds. The first kappa shape index (κ1) is 33.4. The van der Waals surface area contributed by atoms with Gasteiger partial charge in [0.15, 0.2) is 0 Å². The highest BCUT2D eigenvalue weighted by Crippen LogP contribution is 2.14. The average molecular weight is 550 g/mol. The van der Waals surface area contributed by atoms with Crippen molar-refractivity contribution in [1.82, 2.24) is 16.0 Å². The normalized spacial score (nSPS) is 13.9. The number of rotatable bonds is 11. The minimum Gasteiger partial charge on any atom is -0.460 e. The summed E-state index contributed by atoms with van der Waals surface area (Å²) in [5.74, 6) is -3.25. The van der Waals surface area contributed by atoms with Crippen LogP contribution in [0.3, 0.4) is 0 Å². The maximum Gasteiger partial charge on any atom is 0.408 e. The number of hydrogen-bond donors (Lipinski definition) is 3. The predicted molar refractivity (Wildman–Crippen MR) is 144 cm³/mol. The van der Waals surface area contributed by atoms with Gasteiger partial charge in [-0.05, 0) is 59.9 Å². The van der Waals surface area contributed by atoms with Gasteiger partial charge in [0, 0.05) is 0 Å². The van der Waals surface area contributed by atoms with Crippen molar-refractivity contribution in [2.24, 2.45) is 5.92 Å². The van der Waals surface area contributed by atoms with Crippen LogP contribution in [0.1, 0.15) is 74.3 Å². The molecule has 1 aromatic rings. The molecule has 0 aromatic heterocycles. The highest BCUT2D eigenvalue weighted by Gasteiger charge is 2.34. The van der Waals surface area contributed by atoms with E-state index in [0.29, 0.717) is 0 Å². The van der Waals surface area contributed by atoms with Crippen LogP contribution in [0.2, 0.25) is 0 Å². The Morgan fingerprint density at radius 3 is 1.85 bits per heavy atom. The smallest absolute Gasteiger partial charge is 0.408 e. The molecule has 0 fully saturated rings. The van der Waals surface area contributed by atoms with Gasteiger partial charge >= 0.3 is 18.0 Å². The van der Waals surface area contributed by atoms with Crippen LogP contribution in [-0.4, -0.2) is 59.2 Å². The van der Waals surface area contributed by atoms with E-state index in [2.05, 4.69) is 16.0 Å². The molecule has 11 heteroatoms. The van der Waals surface area contributed by atoms with Crippen molar-refractivity contribution < 1.29 is 38.2 Å². The molecule has 0 aliphatic heterocycles. The van der Waals surface area contributed by atoms with Gasteiger partial charge in [-0.3, -0.25) is 14.4 Å². The number of alkyl carbamates (subject to hydrolysis) is 1. The first-order valence-electron chi connectivity index (χ1n) is 12.9. The highest BCUT2D eigenvalue weighted by atomic mass is 16.6. The third-order valence-electron chi connectivity index (χ3n) is 4.99. The summed E-state index contributed by atoms with van der Waals surface area (Å²) in [6.07, 6.45) is -1.33. The lowest BCUT2D eigenvalue weighted by atomic mass is 10.0. The van der Waals surface area contributed by atoms with Crippen molar-refractivity contribution in [3.05, 3.63) is 35.9 Å². The SMILES string of the molecule is CC(C)[C@H](NC(=O)[C@H](CC(=O)OC(C)(C)C)NC(=O)[C@H](C)NC(=O)OCc1ccccc1)C(=O)OC(C)(C)C. The molecule has 11 nitrogen and oxygen atoms in total. The van der Waals surface area contributed by atoms with E-state index in [1.807, 2.05) is 6.07 Å². The Bertz CT molecular complexity index is 996. The quantitative estimate of drug-likeness (QED) is 0.282. The van der Waals surface area contributed by atoms with Crippen LogP contribution in [0.15, 0.2) is 30.3 Å². The minimum absolute atomic E-state index is 0.00590. The van der Waals surface area contributed by atoms with Gasteiger partial charge in [0.05, 0.1) is 6.42 Å². The number of nitrogens with one attached hydrogen (secondary N) is 3. The lowest BCUT2D eigenvalue weighted by molar-refractivity contribution is -0.160. The fourth-order valence-electron chi connectivity index (χ4n) is 3.18. The Morgan fingerprint density at radius 2 is 1.33 bits per heavy atom. The van der Waals surface area contributed by atoms with E-state index in [9.17, 15) is 24.0 Å². The van der Waals surface area contributed by atoms with Crippen molar-refractivity contribution in [2.45, 2.75) is 105 Å². The zero-order valence-electron chi connectivity index (χ0n) is 24.4. The fourth-order valence-corrected chi connectivity index (χ4v) is 3.18. The second-order valence-electron chi connectivity index (χ2n) is 11.5. The lowest BCUT2D eigenvalue weighted by Gasteiger charge is -2.28. The zero-order valence-corrected chi connectivity index (χ0v) is 24.4. The van der Waals surface area contributed by atoms with Gasteiger partial charge < -0.3 is 30.2 Å². The standard InChI is InChI=1S/C28H43N3O8/c1-17(2)22(25(35)39-28(7,8)9)31-24(34)20(15-21(32)38-27(4,5)6)30-23(33)18(3)29-26(36)37-16-19-13-11-10-12-14-19/h10-14,17-18,20,22H,15-16H2,1-9H3,(H,29,36)(H,30,33)(H,31,34)/t18-,20-,22-/m0/s1. The molecule has 0 heterocycles. The van der Waals surface area contributed by atoms with Crippen LogP contribution in [0.25, 0.3) is 0 Å². The predicted octanol–water partition coefficient (Wildman–Crippen LogP) is 3.00. The molecular formula is C28H43N3O8. The van der Waals surface area contributed by atoms with Gasteiger partial charge in [-0.25, -0.2) is 9.59 Å². The summed E-state index contributed by atoms with van der Waals surface area (Å²) in [5, 5.41) is 7.45. The molecule has 1 rings (SSSR count). The Labute approximate surface area is 230 Å². The van der Waals surface area contributed by atoms with Crippen LogP contribution in [0.4, 0.5) is 4.79 Å². The monoisotopic (exact) mass is 549 g/mol. The Morgan fingerprint density at radius 1 is 0.769 bits per heavy atom. The van der Waals surface area contributed by atoms with E-state index < -0.39 is 65.6 Å². The maximum atomic E-state index is 13.2. The van der Waals surface area contributed by atoms with Crippen LogP contribution in [0.5, 0.6) is 0 Å². The summed E-state index contributed by atoms with van der Waals surface area (Å²) in [7, 11) is 0. The van der Waals surface area contributed by atoms with E-state index in [0.717, 1.165) is 5.56 Å². The third kappa shape index (κ3) is 13.6. The minimum atomic E-state index is -1.39. The van der Waals surface area contributed by atoms with E-state index in [4.69, 9.17) is 14.2 Å². The molecule has 3 atom stereocenters. The van der Waals surface area contributed by atoms with Crippen molar-refractivity contribution in [1.29, 1.82) is 0 Å². The van der Waals surface area contributed by atoms with Gasteiger partial charge in [-0.1, -0.05) is 44.2 Å². The van der Waals surface area contributed by atoms with Crippen molar-refractivity contribution in [3.63, 3.8) is 0 Å². The second kappa shape index (κ2) is 14.5. The molecule has 0 unspecified atom stereocenters. The number of esters is 2. The molecule has 1 aromatic carbocycles. The highest BCUT2D eigenvalue weighted by molar-refractivity contribution is 5.95. The van der Waals surface area contributed by atoms with Gasteiger partial charge in [0.2, 0.25) is 11.8 Å². The molecule has 0 radical (unpaired) electrons. The van der Waals surface area contributed by atoms with Crippen LogP contribution in [0, 0.1) is 5.92 Å². The molecule has 0 saturated carbocycles. The second-order valence-corrected chi connectivity index (χ2v) is 11.5. The van der Waals surface area contributed by atoms with E-state index >= 15 is 0 Å². The van der Waals surface area contributed by atoms with E-state index in [1.165, 1.54) is 6.92 Å². The number of benzene rings is 1. The summed E-state index contributed by atoms with van der Waals surface area (Å²) in [5.41, 5.74) is -0.838. The number of carbonyl (C=O) groups excluding carboxylic acids is 5. The zero-order chi connectivity index (χ0) is 30.0. The van der Waals surface area contributed by atoms with Crippen LogP contribution < -0.4 is 16.0 Å². The molecule has 0 bridgehead atoms. The van der Waals surface area contributed by atoms with E-state index in [-0.39, 0.29) is 12.5 Å². The number of amides is 3. The van der Waals surface area contributed by atoms with Crippen molar-refractivity contribution >= 4 is 29.8 Å². The van der Waals surface area contributed by atoms with Gasteiger partial charge in [-0.15, -0.1) is 0 Å². The lowest BCUT2D eigenvalue weighted by Crippen LogP contribution is -2.57. The molecule has 0 aliphatic carbocycles. The molecule has 0 spiro atoms. The topological polar surface area (TPSA) is 149 Å². The maximum absolute atomic E-state index is 13.2. The number of hydrogen-bond acceptors (Lipinski definition) is 8. The summed E-state index contributed by atoms with van der Waals surface area (Å²) >= 11 is 0. The molecule has 39 heavy (non-hydrogen) atoms. The summed E-state index contributed by atoms with van der Waals surface area (Å²) in [6.45, 7) is 15.0. The molecule has 218 valence electrons.